The molecule has 3 heteroatoms. The predicted molar refractivity (Wildman–Crippen MR) is 74.3 cm³/mol. The van der Waals surface area contributed by atoms with Crippen molar-refractivity contribution >= 4 is 11.6 Å². The van der Waals surface area contributed by atoms with Gasteiger partial charge in [-0.2, -0.15) is 0 Å². The van der Waals surface area contributed by atoms with Crippen molar-refractivity contribution in [3.05, 3.63) is 29.0 Å². The van der Waals surface area contributed by atoms with E-state index >= 15 is 0 Å². The highest BCUT2D eigenvalue weighted by Gasteiger charge is 2.17. The summed E-state index contributed by atoms with van der Waals surface area (Å²) >= 11 is 6.04. The number of hydrogen-bond donors (Lipinski definition) is 0. The van der Waals surface area contributed by atoms with Gasteiger partial charge in [0.2, 0.25) is 0 Å². The van der Waals surface area contributed by atoms with E-state index in [1.54, 1.807) is 6.20 Å². The molecular formula is C14H23ClN2. The molecule has 17 heavy (non-hydrogen) atoms. The van der Waals surface area contributed by atoms with Crippen LogP contribution in [0.5, 0.6) is 0 Å². The Labute approximate surface area is 110 Å². The summed E-state index contributed by atoms with van der Waals surface area (Å²) in [4.78, 5) is 6.57. The van der Waals surface area contributed by atoms with Crippen LogP contribution in [0.4, 0.5) is 0 Å². The molecular weight excluding hydrogens is 232 g/mol. The van der Waals surface area contributed by atoms with E-state index in [0.717, 1.165) is 18.0 Å². The maximum absolute atomic E-state index is 6.04. The van der Waals surface area contributed by atoms with Crippen LogP contribution < -0.4 is 0 Å². The summed E-state index contributed by atoms with van der Waals surface area (Å²) in [5, 5.41) is 0.649. The molecule has 1 aliphatic heterocycles. The third kappa shape index (κ3) is 4.64. The van der Waals surface area contributed by atoms with Gasteiger partial charge in [0.05, 0.1) is 0 Å². The Balaban J connectivity index is 0.000000686. The Kier molecular flexibility index (Phi) is 6.53. The smallest absolute Gasteiger partial charge is 0.133 e. The van der Waals surface area contributed by atoms with Crippen LogP contribution in [-0.4, -0.2) is 23.0 Å². The second kappa shape index (κ2) is 7.67. The Hall–Kier alpha value is -0.600. The summed E-state index contributed by atoms with van der Waals surface area (Å²) in [6, 6.07) is 4.02. The summed E-state index contributed by atoms with van der Waals surface area (Å²) in [5.41, 5.74) is 1.15. The van der Waals surface area contributed by atoms with Gasteiger partial charge >= 0.3 is 0 Å². The Morgan fingerprint density at radius 1 is 1.47 bits per heavy atom. The Morgan fingerprint density at radius 3 is 2.88 bits per heavy atom. The molecule has 1 aromatic rings. The largest absolute Gasteiger partial charge is 0.299 e. The number of likely N-dealkylation sites (tertiary alicyclic amines) is 1. The van der Waals surface area contributed by atoms with Gasteiger partial charge in [-0.15, -0.1) is 0 Å². The van der Waals surface area contributed by atoms with Gasteiger partial charge in [0.25, 0.3) is 0 Å². The van der Waals surface area contributed by atoms with Crippen LogP contribution in [0, 0.1) is 5.92 Å². The highest BCUT2D eigenvalue weighted by Crippen LogP contribution is 2.20. The van der Waals surface area contributed by atoms with E-state index in [-0.39, 0.29) is 0 Å². The molecule has 1 aliphatic rings. The summed E-state index contributed by atoms with van der Waals surface area (Å²) in [6.45, 7) is 9.63. The molecule has 2 nitrogen and oxygen atoms in total. The van der Waals surface area contributed by atoms with Gasteiger partial charge in [-0.05, 0) is 31.4 Å². The lowest BCUT2D eigenvalue weighted by atomic mass is 10.00. The van der Waals surface area contributed by atoms with Crippen LogP contribution in [0.15, 0.2) is 18.3 Å². The van der Waals surface area contributed by atoms with Gasteiger partial charge in [-0.3, -0.25) is 4.90 Å². The molecule has 0 spiro atoms. The molecule has 1 fully saturated rings. The van der Waals surface area contributed by atoms with E-state index in [0.29, 0.717) is 5.15 Å². The average molecular weight is 255 g/mol. The maximum atomic E-state index is 6.04. The van der Waals surface area contributed by atoms with Crippen LogP contribution in [0.1, 0.15) is 39.2 Å². The molecule has 2 rings (SSSR count). The fourth-order valence-corrected chi connectivity index (χ4v) is 2.39. The first-order valence-electron chi connectivity index (χ1n) is 6.57. The lowest BCUT2D eigenvalue weighted by Gasteiger charge is -2.30. The summed E-state index contributed by atoms with van der Waals surface area (Å²) in [7, 11) is 0. The molecule has 0 bridgehead atoms. The number of piperidine rings is 1. The Bertz CT molecular complexity index is 328. The van der Waals surface area contributed by atoms with Crippen LogP contribution >= 0.6 is 11.6 Å². The predicted octanol–water partition coefficient (Wildman–Crippen LogP) is 3.99. The molecule has 0 radical (unpaired) electrons. The molecule has 1 unspecified atom stereocenters. The molecule has 0 amide bonds. The molecule has 1 atom stereocenters. The van der Waals surface area contributed by atoms with Crippen molar-refractivity contribution in [2.75, 3.05) is 13.1 Å². The van der Waals surface area contributed by atoms with Crippen molar-refractivity contribution in [3.63, 3.8) is 0 Å². The lowest BCUT2D eigenvalue weighted by molar-refractivity contribution is 0.176. The van der Waals surface area contributed by atoms with E-state index in [1.165, 1.54) is 25.9 Å². The normalized spacial score (nSPS) is 20.6. The summed E-state index contributed by atoms with van der Waals surface area (Å²) in [6.07, 6.45) is 4.40. The van der Waals surface area contributed by atoms with Crippen molar-refractivity contribution in [1.82, 2.24) is 9.88 Å². The number of pyridine rings is 1. The maximum Gasteiger partial charge on any atom is 0.133 e. The zero-order valence-corrected chi connectivity index (χ0v) is 11.9. The molecule has 96 valence electrons. The number of aromatic nitrogens is 1. The van der Waals surface area contributed by atoms with Crippen molar-refractivity contribution < 1.29 is 0 Å². The van der Waals surface area contributed by atoms with E-state index in [1.807, 2.05) is 19.9 Å². The van der Waals surface area contributed by atoms with Gasteiger partial charge in [0, 0.05) is 24.8 Å². The minimum absolute atomic E-state index is 0.649. The highest BCUT2D eigenvalue weighted by atomic mass is 35.5. The van der Waals surface area contributed by atoms with Gasteiger partial charge < -0.3 is 0 Å². The van der Waals surface area contributed by atoms with E-state index in [2.05, 4.69) is 22.9 Å². The summed E-state index contributed by atoms with van der Waals surface area (Å²) < 4.78 is 0. The van der Waals surface area contributed by atoms with Crippen molar-refractivity contribution in [2.24, 2.45) is 5.92 Å². The monoisotopic (exact) mass is 254 g/mol. The second-order valence-corrected chi connectivity index (χ2v) is 4.79. The number of hydrogen-bond acceptors (Lipinski definition) is 2. The SMILES string of the molecule is CC.CC1CCCN(Cc2cccnc2Cl)C1. The molecule has 0 N–H and O–H groups in total. The lowest BCUT2D eigenvalue weighted by Crippen LogP contribution is -2.33. The number of rotatable bonds is 2. The minimum atomic E-state index is 0.649. The third-order valence-electron chi connectivity index (χ3n) is 2.97. The minimum Gasteiger partial charge on any atom is -0.299 e. The fraction of sp³-hybridized carbons (Fsp3) is 0.643. The van der Waals surface area contributed by atoms with Gasteiger partial charge in [-0.1, -0.05) is 38.4 Å². The first-order valence-corrected chi connectivity index (χ1v) is 6.95. The van der Waals surface area contributed by atoms with Crippen LogP contribution in [0.2, 0.25) is 5.15 Å². The van der Waals surface area contributed by atoms with Crippen molar-refractivity contribution in [2.45, 2.75) is 40.2 Å². The van der Waals surface area contributed by atoms with Gasteiger partial charge in [0.15, 0.2) is 0 Å². The fourth-order valence-electron chi connectivity index (χ4n) is 2.21. The van der Waals surface area contributed by atoms with Crippen molar-refractivity contribution in [1.29, 1.82) is 0 Å². The highest BCUT2D eigenvalue weighted by molar-refractivity contribution is 6.30. The molecule has 0 aliphatic carbocycles. The topological polar surface area (TPSA) is 16.1 Å². The molecule has 2 heterocycles. The molecule has 0 saturated carbocycles. The Morgan fingerprint density at radius 2 is 2.24 bits per heavy atom. The first kappa shape index (κ1) is 14.5. The van der Waals surface area contributed by atoms with Gasteiger partial charge in [0.1, 0.15) is 5.15 Å². The zero-order valence-electron chi connectivity index (χ0n) is 11.1. The number of nitrogens with zero attached hydrogens (tertiary/aromatic N) is 2. The standard InChI is InChI=1S/C12H17ClN2.C2H6/c1-10-4-3-7-15(8-10)9-11-5-2-6-14-12(11)13;1-2/h2,5-6,10H,3-4,7-9H2,1H3;1-2H3. The first-order chi connectivity index (χ1) is 8.25. The average Bonchev–Trinajstić information content (AvgIpc) is 2.35. The van der Waals surface area contributed by atoms with E-state index in [9.17, 15) is 0 Å². The van der Waals surface area contributed by atoms with Crippen molar-refractivity contribution in [3.8, 4) is 0 Å². The third-order valence-corrected chi connectivity index (χ3v) is 3.31. The van der Waals surface area contributed by atoms with E-state index < -0.39 is 0 Å². The quantitative estimate of drug-likeness (QED) is 0.742. The van der Waals surface area contributed by atoms with E-state index in [4.69, 9.17) is 11.6 Å². The molecule has 1 aromatic heterocycles. The molecule has 1 saturated heterocycles. The second-order valence-electron chi connectivity index (χ2n) is 4.44. The van der Waals surface area contributed by atoms with Gasteiger partial charge in [-0.25, -0.2) is 4.98 Å². The molecule has 0 aromatic carbocycles. The van der Waals surface area contributed by atoms with Crippen LogP contribution in [-0.2, 0) is 6.54 Å². The van der Waals surface area contributed by atoms with Crippen LogP contribution in [0.3, 0.4) is 0 Å². The van der Waals surface area contributed by atoms with Crippen LogP contribution in [0.25, 0.3) is 0 Å². The zero-order chi connectivity index (χ0) is 12.7. The summed E-state index contributed by atoms with van der Waals surface area (Å²) in [5.74, 6) is 0.814. The number of halogens is 1.